The first-order valence-corrected chi connectivity index (χ1v) is 7.61. The van der Waals surface area contributed by atoms with Gasteiger partial charge in [-0.15, -0.1) is 12.4 Å². The van der Waals surface area contributed by atoms with Crippen LogP contribution in [0.4, 0.5) is 0 Å². The number of hydrogen-bond donors (Lipinski definition) is 1. The van der Waals surface area contributed by atoms with Crippen LogP contribution in [0.2, 0.25) is 0 Å². The zero-order chi connectivity index (χ0) is 14.0. The van der Waals surface area contributed by atoms with Crippen molar-refractivity contribution in [3.63, 3.8) is 0 Å². The molecule has 0 saturated carbocycles. The highest BCUT2D eigenvalue weighted by molar-refractivity contribution is 9.10. The molecule has 1 heterocycles. The summed E-state index contributed by atoms with van der Waals surface area (Å²) in [5.74, 6) is 0.593. The molecule has 112 valence electrons. The average molecular weight is 362 g/mol. The van der Waals surface area contributed by atoms with E-state index in [4.69, 9.17) is 5.73 Å². The molecule has 1 aliphatic rings. The van der Waals surface area contributed by atoms with Crippen LogP contribution in [-0.2, 0) is 0 Å². The van der Waals surface area contributed by atoms with Gasteiger partial charge >= 0.3 is 0 Å². The Morgan fingerprint density at radius 3 is 2.85 bits per heavy atom. The van der Waals surface area contributed by atoms with Gasteiger partial charge in [-0.1, -0.05) is 28.9 Å². The lowest BCUT2D eigenvalue weighted by Crippen LogP contribution is -2.51. The van der Waals surface area contributed by atoms with Gasteiger partial charge in [0.15, 0.2) is 0 Å². The third-order valence-electron chi connectivity index (χ3n) is 4.12. The van der Waals surface area contributed by atoms with E-state index in [2.05, 4.69) is 22.9 Å². The van der Waals surface area contributed by atoms with Crippen molar-refractivity contribution in [2.45, 2.75) is 32.7 Å². The van der Waals surface area contributed by atoms with Gasteiger partial charge in [0.25, 0.3) is 5.91 Å². The van der Waals surface area contributed by atoms with Crippen molar-refractivity contribution in [3.8, 4) is 0 Å². The summed E-state index contributed by atoms with van der Waals surface area (Å²) in [4.78, 5) is 14.7. The van der Waals surface area contributed by atoms with E-state index in [0.29, 0.717) is 12.5 Å². The molecule has 1 aromatic carbocycles. The lowest BCUT2D eigenvalue weighted by molar-refractivity contribution is 0.0532. The number of carbonyl (C=O) groups excluding carboxylic acids is 1. The monoisotopic (exact) mass is 360 g/mol. The number of nitrogens with zero attached hydrogens (tertiary/aromatic N) is 1. The van der Waals surface area contributed by atoms with E-state index in [1.165, 1.54) is 0 Å². The number of halogens is 2. The second-order valence-corrected chi connectivity index (χ2v) is 6.19. The number of rotatable bonds is 2. The summed E-state index contributed by atoms with van der Waals surface area (Å²) in [7, 11) is 0. The van der Waals surface area contributed by atoms with Crippen LogP contribution in [0.5, 0.6) is 0 Å². The fourth-order valence-electron chi connectivity index (χ4n) is 2.85. The van der Waals surface area contributed by atoms with Crippen LogP contribution >= 0.6 is 28.3 Å². The van der Waals surface area contributed by atoms with Crippen molar-refractivity contribution in [1.82, 2.24) is 4.90 Å². The minimum absolute atomic E-state index is 0. The summed E-state index contributed by atoms with van der Waals surface area (Å²) >= 11 is 3.49. The first-order chi connectivity index (χ1) is 9.06. The molecule has 0 bridgehead atoms. The molecule has 0 spiro atoms. The summed E-state index contributed by atoms with van der Waals surface area (Å²) in [6, 6.07) is 5.94. The van der Waals surface area contributed by atoms with E-state index in [1.54, 1.807) is 0 Å². The normalized spacial score (nSPS) is 22.3. The molecule has 1 fully saturated rings. The summed E-state index contributed by atoms with van der Waals surface area (Å²) in [6.07, 6.45) is 2.22. The van der Waals surface area contributed by atoms with E-state index < -0.39 is 0 Å². The van der Waals surface area contributed by atoms with Crippen LogP contribution in [0.25, 0.3) is 0 Å². The first-order valence-electron chi connectivity index (χ1n) is 6.82. The van der Waals surface area contributed by atoms with Gasteiger partial charge in [0, 0.05) is 29.2 Å². The van der Waals surface area contributed by atoms with E-state index in [0.717, 1.165) is 35.0 Å². The van der Waals surface area contributed by atoms with Gasteiger partial charge in [-0.25, -0.2) is 0 Å². The Balaban J connectivity index is 0.00000200. The molecule has 1 aromatic rings. The molecule has 1 aliphatic heterocycles. The second kappa shape index (κ2) is 7.43. The third kappa shape index (κ3) is 3.35. The number of nitrogens with two attached hydrogens (primary N) is 1. The SMILES string of the molecule is Cc1c(Br)cccc1C(=O)N1CCCC(C)C1CN.Cl. The summed E-state index contributed by atoms with van der Waals surface area (Å²) in [5, 5.41) is 0. The number of piperidine rings is 1. The van der Waals surface area contributed by atoms with Gasteiger partial charge in [0.05, 0.1) is 0 Å². The number of carbonyl (C=O) groups is 1. The number of amides is 1. The maximum Gasteiger partial charge on any atom is 0.254 e. The maximum atomic E-state index is 12.7. The molecule has 2 atom stereocenters. The fourth-order valence-corrected chi connectivity index (χ4v) is 3.22. The van der Waals surface area contributed by atoms with Crippen molar-refractivity contribution in [2.75, 3.05) is 13.1 Å². The summed E-state index contributed by atoms with van der Waals surface area (Å²) < 4.78 is 0.979. The Bertz CT molecular complexity index is 481. The molecular weight excluding hydrogens is 340 g/mol. The zero-order valence-corrected chi connectivity index (χ0v) is 14.3. The highest BCUT2D eigenvalue weighted by Gasteiger charge is 2.31. The van der Waals surface area contributed by atoms with Crippen molar-refractivity contribution < 1.29 is 4.79 Å². The van der Waals surface area contributed by atoms with Crippen LogP contribution < -0.4 is 5.73 Å². The molecule has 1 amide bonds. The van der Waals surface area contributed by atoms with Crippen LogP contribution in [0, 0.1) is 12.8 Å². The van der Waals surface area contributed by atoms with Gasteiger partial charge in [-0.3, -0.25) is 4.79 Å². The van der Waals surface area contributed by atoms with Crippen molar-refractivity contribution in [3.05, 3.63) is 33.8 Å². The second-order valence-electron chi connectivity index (χ2n) is 5.33. The molecule has 3 nitrogen and oxygen atoms in total. The topological polar surface area (TPSA) is 46.3 Å². The van der Waals surface area contributed by atoms with Crippen LogP contribution in [0.1, 0.15) is 35.7 Å². The number of benzene rings is 1. The van der Waals surface area contributed by atoms with E-state index in [9.17, 15) is 4.79 Å². The minimum atomic E-state index is 0. The minimum Gasteiger partial charge on any atom is -0.334 e. The third-order valence-corrected chi connectivity index (χ3v) is 4.98. The van der Waals surface area contributed by atoms with Gasteiger partial charge < -0.3 is 10.6 Å². The van der Waals surface area contributed by atoms with Crippen molar-refractivity contribution >= 4 is 34.2 Å². The Morgan fingerprint density at radius 1 is 1.50 bits per heavy atom. The molecule has 0 aromatic heterocycles. The van der Waals surface area contributed by atoms with Gasteiger partial charge in [-0.2, -0.15) is 0 Å². The van der Waals surface area contributed by atoms with Gasteiger partial charge in [-0.05, 0) is 43.4 Å². The predicted octanol–water partition coefficient (Wildman–Crippen LogP) is 3.38. The fraction of sp³-hybridized carbons (Fsp3) is 0.533. The van der Waals surface area contributed by atoms with E-state index in [1.807, 2.05) is 30.0 Å². The lowest BCUT2D eigenvalue weighted by atomic mass is 9.90. The van der Waals surface area contributed by atoms with Crippen LogP contribution in [0.15, 0.2) is 22.7 Å². The van der Waals surface area contributed by atoms with Crippen molar-refractivity contribution in [1.29, 1.82) is 0 Å². The molecule has 5 heteroatoms. The van der Waals surface area contributed by atoms with Gasteiger partial charge in [0.2, 0.25) is 0 Å². The van der Waals surface area contributed by atoms with Crippen LogP contribution in [-0.4, -0.2) is 29.9 Å². The lowest BCUT2D eigenvalue weighted by Gasteiger charge is -2.39. The molecule has 0 aliphatic carbocycles. The molecule has 2 unspecified atom stereocenters. The summed E-state index contributed by atoms with van der Waals surface area (Å²) in [6.45, 7) is 5.52. The first kappa shape index (κ1) is 17.5. The van der Waals surface area contributed by atoms with E-state index >= 15 is 0 Å². The quantitative estimate of drug-likeness (QED) is 0.878. The Hall–Kier alpha value is -0.580. The molecule has 1 saturated heterocycles. The molecule has 2 N–H and O–H groups in total. The van der Waals surface area contributed by atoms with Gasteiger partial charge in [0.1, 0.15) is 0 Å². The number of hydrogen-bond acceptors (Lipinski definition) is 2. The number of likely N-dealkylation sites (tertiary alicyclic amines) is 1. The maximum absolute atomic E-state index is 12.7. The molecule has 20 heavy (non-hydrogen) atoms. The van der Waals surface area contributed by atoms with Crippen LogP contribution in [0.3, 0.4) is 0 Å². The predicted molar refractivity (Wildman–Crippen MR) is 88.4 cm³/mol. The largest absolute Gasteiger partial charge is 0.334 e. The zero-order valence-electron chi connectivity index (χ0n) is 11.9. The molecule has 2 rings (SSSR count). The Kier molecular flexibility index (Phi) is 6.49. The van der Waals surface area contributed by atoms with Crippen molar-refractivity contribution in [2.24, 2.45) is 11.7 Å². The Morgan fingerprint density at radius 2 is 2.20 bits per heavy atom. The standard InChI is InChI=1S/C15H21BrN2O.ClH/c1-10-5-4-8-18(14(10)9-17)15(19)12-6-3-7-13(16)11(12)2;/h3,6-7,10,14H,4-5,8-9,17H2,1-2H3;1H. The van der Waals surface area contributed by atoms with E-state index in [-0.39, 0.29) is 24.4 Å². The molecular formula is C15H22BrClN2O. The summed E-state index contributed by atoms with van der Waals surface area (Å²) in [5.41, 5.74) is 7.65. The average Bonchev–Trinajstić information content (AvgIpc) is 2.41. The highest BCUT2D eigenvalue weighted by atomic mass is 79.9. The highest BCUT2D eigenvalue weighted by Crippen LogP contribution is 2.27. The molecule has 0 radical (unpaired) electrons. The smallest absolute Gasteiger partial charge is 0.254 e. The Labute approximate surface area is 135 Å².